The summed E-state index contributed by atoms with van der Waals surface area (Å²) in [6, 6.07) is 17.2. The van der Waals surface area contributed by atoms with Gasteiger partial charge in [0.25, 0.3) is 0 Å². The van der Waals surface area contributed by atoms with Gasteiger partial charge in [-0.25, -0.2) is 0 Å². The Bertz CT molecular complexity index is 608. The Labute approximate surface area is 141 Å². The quantitative estimate of drug-likeness (QED) is 0.636. The molecule has 0 radical (unpaired) electrons. The van der Waals surface area contributed by atoms with Crippen LogP contribution in [0.5, 0.6) is 0 Å². The van der Waals surface area contributed by atoms with Gasteiger partial charge in [-0.1, -0.05) is 63.2 Å². The summed E-state index contributed by atoms with van der Waals surface area (Å²) in [5, 5.41) is 1.15. The molecule has 0 amide bonds. The van der Waals surface area contributed by atoms with Gasteiger partial charge in [0.15, 0.2) is 0 Å². The molecule has 124 valence electrons. The summed E-state index contributed by atoms with van der Waals surface area (Å²) in [5.41, 5.74) is 3.92. The van der Waals surface area contributed by atoms with Gasteiger partial charge in [0.2, 0.25) is 8.38 Å². The van der Waals surface area contributed by atoms with Crippen LogP contribution in [0.2, 0.25) is 0 Å². The zero-order chi connectivity index (χ0) is 16.9. The summed E-state index contributed by atoms with van der Waals surface area (Å²) in [6.07, 6.45) is 0. The van der Waals surface area contributed by atoms with E-state index in [4.69, 9.17) is 9.05 Å². The van der Waals surface area contributed by atoms with Crippen LogP contribution in [0.25, 0.3) is 11.1 Å². The molecule has 0 saturated heterocycles. The molecular weight excluding hydrogens is 303 g/mol. The van der Waals surface area contributed by atoms with E-state index < -0.39 is 8.38 Å². The molecule has 2 nitrogen and oxygen atoms in total. The maximum Gasteiger partial charge on any atom is 0.205 e. The van der Waals surface area contributed by atoms with E-state index in [0.29, 0.717) is 13.2 Å². The van der Waals surface area contributed by atoms with Crippen molar-refractivity contribution in [2.75, 3.05) is 13.2 Å². The first-order valence-corrected chi connectivity index (χ1v) is 9.41. The topological polar surface area (TPSA) is 18.5 Å². The highest BCUT2D eigenvalue weighted by atomic mass is 31.2. The average molecular weight is 330 g/mol. The fraction of sp³-hybridized carbons (Fsp3) is 0.400. The van der Waals surface area contributed by atoms with Crippen molar-refractivity contribution in [3.05, 3.63) is 54.1 Å². The van der Waals surface area contributed by atoms with Crippen LogP contribution < -0.4 is 5.30 Å². The normalized spacial score (nSPS) is 11.9. The second-order valence-corrected chi connectivity index (χ2v) is 7.95. The maximum atomic E-state index is 5.85. The molecule has 0 aliphatic rings. The number of hydrogen-bond acceptors (Lipinski definition) is 2. The van der Waals surface area contributed by atoms with Crippen LogP contribution in [0.4, 0.5) is 0 Å². The van der Waals surface area contributed by atoms with Crippen molar-refractivity contribution in [2.45, 2.75) is 40.0 Å². The third-order valence-electron chi connectivity index (χ3n) is 3.66. The van der Waals surface area contributed by atoms with Gasteiger partial charge < -0.3 is 9.05 Å². The van der Waals surface area contributed by atoms with Crippen LogP contribution in [0, 0.1) is 0 Å². The predicted octanol–water partition coefficient (Wildman–Crippen LogP) is 5.66. The van der Waals surface area contributed by atoms with Crippen molar-refractivity contribution in [3.8, 4) is 11.1 Å². The Morgan fingerprint density at radius 1 is 0.826 bits per heavy atom. The molecule has 2 rings (SSSR count). The molecule has 3 heteroatoms. The molecule has 0 saturated carbocycles. The van der Waals surface area contributed by atoms with E-state index in [1.54, 1.807) is 0 Å². The molecule has 0 atom stereocenters. The van der Waals surface area contributed by atoms with E-state index in [-0.39, 0.29) is 5.41 Å². The van der Waals surface area contributed by atoms with Crippen molar-refractivity contribution >= 4 is 13.7 Å². The van der Waals surface area contributed by atoms with Crippen LogP contribution in [-0.4, -0.2) is 13.2 Å². The molecule has 0 aromatic heterocycles. The predicted molar refractivity (Wildman–Crippen MR) is 100 cm³/mol. The van der Waals surface area contributed by atoms with Crippen molar-refractivity contribution in [3.63, 3.8) is 0 Å². The van der Waals surface area contributed by atoms with Crippen molar-refractivity contribution in [1.29, 1.82) is 0 Å². The molecule has 0 heterocycles. The highest BCUT2D eigenvalue weighted by Crippen LogP contribution is 2.40. The third-order valence-corrected chi connectivity index (χ3v) is 5.42. The largest absolute Gasteiger partial charge is 0.331 e. The van der Waals surface area contributed by atoms with Gasteiger partial charge in [-0.15, -0.1) is 0 Å². The van der Waals surface area contributed by atoms with Crippen LogP contribution in [0.15, 0.2) is 48.5 Å². The lowest BCUT2D eigenvalue weighted by atomic mass is 9.86. The first-order valence-electron chi connectivity index (χ1n) is 8.23. The van der Waals surface area contributed by atoms with Gasteiger partial charge in [0, 0.05) is 5.30 Å². The van der Waals surface area contributed by atoms with Gasteiger partial charge in [0.1, 0.15) is 0 Å². The second-order valence-electron chi connectivity index (χ2n) is 6.44. The van der Waals surface area contributed by atoms with E-state index in [1.807, 2.05) is 13.8 Å². The maximum absolute atomic E-state index is 5.85. The molecule has 0 spiro atoms. The van der Waals surface area contributed by atoms with E-state index >= 15 is 0 Å². The average Bonchev–Trinajstić information content (AvgIpc) is 2.54. The molecule has 0 aliphatic heterocycles. The van der Waals surface area contributed by atoms with Crippen LogP contribution >= 0.6 is 8.38 Å². The Balaban J connectivity index is 2.39. The number of hydrogen-bond donors (Lipinski definition) is 0. The molecule has 0 N–H and O–H groups in total. The zero-order valence-corrected chi connectivity index (χ0v) is 15.7. The van der Waals surface area contributed by atoms with Crippen LogP contribution in [-0.2, 0) is 14.5 Å². The van der Waals surface area contributed by atoms with Gasteiger partial charge in [0.05, 0.1) is 13.2 Å². The van der Waals surface area contributed by atoms with Crippen LogP contribution in [0.3, 0.4) is 0 Å². The Morgan fingerprint density at radius 3 is 1.91 bits per heavy atom. The molecule has 0 aliphatic carbocycles. The first-order chi connectivity index (χ1) is 11.0. The standard InChI is InChI=1S/C20H27O2P/c1-6-21-23(22-7-2)19-11-9-8-10-18(19)16-12-14-17(15-13-16)20(3,4)5/h8-15H,6-7H2,1-5H3. The van der Waals surface area contributed by atoms with Gasteiger partial charge in [-0.3, -0.25) is 0 Å². The molecule has 0 bridgehead atoms. The van der Waals surface area contributed by atoms with Crippen molar-refractivity contribution in [2.24, 2.45) is 0 Å². The molecule has 2 aromatic carbocycles. The number of rotatable bonds is 6. The van der Waals surface area contributed by atoms with E-state index in [2.05, 4.69) is 69.3 Å². The highest BCUT2D eigenvalue weighted by Gasteiger charge is 2.18. The summed E-state index contributed by atoms with van der Waals surface area (Å²) in [4.78, 5) is 0. The molecular formula is C20H27O2P. The first kappa shape index (κ1) is 18.1. The second kappa shape index (κ2) is 8.06. The third kappa shape index (κ3) is 4.64. The van der Waals surface area contributed by atoms with E-state index in [9.17, 15) is 0 Å². The molecule has 0 fully saturated rings. The summed E-state index contributed by atoms with van der Waals surface area (Å²) in [5.74, 6) is 0. The highest BCUT2D eigenvalue weighted by molar-refractivity contribution is 7.56. The van der Waals surface area contributed by atoms with E-state index in [1.165, 1.54) is 16.7 Å². The fourth-order valence-corrected chi connectivity index (χ4v) is 3.87. The van der Waals surface area contributed by atoms with Gasteiger partial charge in [-0.2, -0.15) is 0 Å². The molecule has 2 aromatic rings. The Kier molecular flexibility index (Phi) is 6.35. The molecule has 23 heavy (non-hydrogen) atoms. The lowest BCUT2D eigenvalue weighted by molar-refractivity contribution is 0.277. The monoisotopic (exact) mass is 330 g/mol. The summed E-state index contributed by atoms with van der Waals surface area (Å²) < 4.78 is 11.7. The van der Waals surface area contributed by atoms with Crippen LogP contribution in [0.1, 0.15) is 40.2 Å². The molecule has 0 unspecified atom stereocenters. The zero-order valence-electron chi connectivity index (χ0n) is 14.8. The number of benzene rings is 2. The fourth-order valence-electron chi connectivity index (χ4n) is 2.44. The minimum atomic E-state index is -1.03. The summed E-state index contributed by atoms with van der Waals surface area (Å²) in [7, 11) is -1.03. The smallest absolute Gasteiger partial charge is 0.205 e. The summed E-state index contributed by atoms with van der Waals surface area (Å²) >= 11 is 0. The van der Waals surface area contributed by atoms with Crippen molar-refractivity contribution in [1.82, 2.24) is 0 Å². The SMILES string of the molecule is CCOP(OCC)c1ccccc1-c1ccc(C(C)(C)C)cc1. The Hall–Kier alpha value is -1.21. The minimum absolute atomic E-state index is 0.168. The minimum Gasteiger partial charge on any atom is -0.331 e. The summed E-state index contributed by atoms with van der Waals surface area (Å²) in [6.45, 7) is 12.0. The van der Waals surface area contributed by atoms with E-state index in [0.717, 1.165) is 5.30 Å². The lowest BCUT2D eigenvalue weighted by Crippen LogP contribution is -2.11. The van der Waals surface area contributed by atoms with Gasteiger partial charge in [-0.05, 0) is 42.0 Å². The Morgan fingerprint density at radius 2 is 1.39 bits per heavy atom. The van der Waals surface area contributed by atoms with Gasteiger partial charge >= 0.3 is 0 Å². The van der Waals surface area contributed by atoms with Crippen molar-refractivity contribution < 1.29 is 9.05 Å². The lowest BCUT2D eigenvalue weighted by Gasteiger charge is -2.21.